The third-order valence-corrected chi connectivity index (χ3v) is 1.95. The molecule has 2 N–H and O–H groups in total. The molecule has 0 amide bonds. The summed E-state index contributed by atoms with van der Waals surface area (Å²) in [5, 5.41) is 0. The van der Waals surface area contributed by atoms with Crippen LogP contribution in [0.2, 0.25) is 0 Å². The first-order valence-electron chi connectivity index (χ1n) is 4.81. The lowest BCUT2D eigenvalue weighted by atomic mass is 9.97. The van der Waals surface area contributed by atoms with E-state index < -0.39 is 0 Å². The molecule has 12 heavy (non-hydrogen) atoms. The lowest BCUT2D eigenvalue weighted by Crippen LogP contribution is -2.45. The summed E-state index contributed by atoms with van der Waals surface area (Å²) in [6, 6.07) is 0.535. The first-order chi connectivity index (χ1) is 5.33. The zero-order valence-corrected chi connectivity index (χ0v) is 9.36. The monoisotopic (exact) mass is 172 g/mol. The summed E-state index contributed by atoms with van der Waals surface area (Å²) in [5.74, 6) is 0.678. The second-order valence-electron chi connectivity index (χ2n) is 5.09. The summed E-state index contributed by atoms with van der Waals surface area (Å²) in [4.78, 5) is 0. The van der Waals surface area contributed by atoms with Gasteiger partial charge in [0.05, 0.1) is 0 Å². The van der Waals surface area contributed by atoms with Crippen molar-refractivity contribution in [3.8, 4) is 0 Å². The van der Waals surface area contributed by atoms with Gasteiger partial charge in [0.2, 0.25) is 0 Å². The minimum atomic E-state index is 0.351. The number of hydrogen-bond acceptors (Lipinski definition) is 2. The van der Waals surface area contributed by atoms with Crippen LogP contribution in [0, 0.1) is 11.3 Å². The van der Waals surface area contributed by atoms with Crippen LogP contribution in [0.15, 0.2) is 0 Å². The first-order valence-corrected chi connectivity index (χ1v) is 4.81. The van der Waals surface area contributed by atoms with E-state index in [1.54, 1.807) is 0 Å². The van der Waals surface area contributed by atoms with E-state index in [0.29, 0.717) is 17.4 Å². The molecule has 0 aliphatic rings. The highest BCUT2D eigenvalue weighted by atomic mass is 15.4. The van der Waals surface area contributed by atoms with Crippen molar-refractivity contribution in [1.82, 2.24) is 10.9 Å². The van der Waals surface area contributed by atoms with E-state index >= 15 is 0 Å². The van der Waals surface area contributed by atoms with Crippen molar-refractivity contribution in [2.75, 3.05) is 6.54 Å². The maximum atomic E-state index is 3.29. The minimum absolute atomic E-state index is 0.351. The zero-order valence-electron chi connectivity index (χ0n) is 9.36. The molecule has 0 radical (unpaired) electrons. The molecule has 0 fully saturated rings. The third kappa shape index (κ3) is 6.62. The topological polar surface area (TPSA) is 24.1 Å². The van der Waals surface area contributed by atoms with Crippen molar-refractivity contribution >= 4 is 0 Å². The third-order valence-electron chi connectivity index (χ3n) is 1.95. The van der Waals surface area contributed by atoms with Gasteiger partial charge in [-0.2, -0.15) is 0 Å². The molecule has 1 unspecified atom stereocenters. The molecule has 0 spiro atoms. The van der Waals surface area contributed by atoms with Crippen LogP contribution >= 0.6 is 0 Å². The molecule has 0 aliphatic heterocycles. The average molecular weight is 172 g/mol. The number of rotatable bonds is 4. The van der Waals surface area contributed by atoms with Crippen molar-refractivity contribution in [2.45, 2.75) is 47.6 Å². The Balaban J connectivity index is 3.44. The van der Waals surface area contributed by atoms with Gasteiger partial charge >= 0.3 is 0 Å². The molecule has 0 heterocycles. The first kappa shape index (κ1) is 11.9. The van der Waals surface area contributed by atoms with E-state index in [1.165, 1.54) is 0 Å². The van der Waals surface area contributed by atoms with E-state index in [0.717, 1.165) is 6.54 Å². The maximum absolute atomic E-state index is 3.29. The predicted molar refractivity (Wildman–Crippen MR) is 54.9 cm³/mol. The molecule has 0 rings (SSSR count). The van der Waals surface area contributed by atoms with Gasteiger partial charge in [-0.3, -0.25) is 10.9 Å². The summed E-state index contributed by atoms with van der Waals surface area (Å²) in [7, 11) is 0. The molecule has 0 bridgehead atoms. The smallest absolute Gasteiger partial charge is 0.0207 e. The lowest BCUT2D eigenvalue weighted by Gasteiger charge is -2.23. The molecule has 0 aromatic heterocycles. The Bertz CT molecular complexity index is 113. The van der Waals surface area contributed by atoms with E-state index in [4.69, 9.17) is 0 Å². The Kier molecular flexibility index (Phi) is 4.80. The van der Waals surface area contributed by atoms with Crippen LogP contribution in [0.3, 0.4) is 0 Å². The molecule has 0 aromatic rings. The summed E-state index contributed by atoms with van der Waals surface area (Å²) in [6.45, 7) is 14.3. The van der Waals surface area contributed by atoms with Gasteiger partial charge in [0.25, 0.3) is 0 Å². The Morgan fingerprint density at radius 3 is 1.92 bits per heavy atom. The van der Waals surface area contributed by atoms with Gasteiger partial charge in [-0.1, -0.05) is 34.6 Å². The van der Waals surface area contributed by atoms with Crippen LogP contribution in [0.5, 0.6) is 0 Å². The van der Waals surface area contributed by atoms with Crippen molar-refractivity contribution in [3.63, 3.8) is 0 Å². The van der Waals surface area contributed by atoms with E-state index in [2.05, 4.69) is 52.4 Å². The van der Waals surface area contributed by atoms with Gasteiger partial charge in [0.1, 0.15) is 0 Å². The molecule has 74 valence electrons. The van der Waals surface area contributed by atoms with Crippen molar-refractivity contribution in [1.29, 1.82) is 0 Å². The summed E-state index contributed by atoms with van der Waals surface area (Å²) in [5.41, 5.74) is 6.90. The minimum Gasteiger partial charge on any atom is -0.257 e. The van der Waals surface area contributed by atoms with Gasteiger partial charge in [-0.15, -0.1) is 0 Å². The molecule has 0 saturated carbocycles. The quantitative estimate of drug-likeness (QED) is 0.635. The highest BCUT2D eigenvalue weighted by molar-refractivity contribution is 4.66. The normalized spacial score (nSPS) is 15.2. The predicted octanol–water partition coefficient (Wildman–Crippen LogP) is 2.17. The largest absolute Gasteiger partial charge is 0.257 e. The average Bonchev–Trinajstić information content (AvgIpc) is 1.84. The van der Waals surface area contributed by atoms with E-state index in [1.807, 2.05) is 0 Å². The maximum Gasteiger partial charge on any atom is 0.0207 e. The Morgan fingerprint density at radius 1 is 1.08 bits per heavy atom. The highest BCUT2D eigenvalue weighted by Crippen LogP contribution is 2.09. The fraction of sp³-hybridized carbons (Fsp3) is 1.00. The fourth-order valence-corrected chi connectivity index (χ4v) is 0.644. The summed E-state index contributed by atoms with van der Waals surface area (Å²) in [6.07, 6.45) is 0. The van der Waals surface area contributed by atoms with Crippen LogP contribution in [0.25, 0.3) is 0 Å². The van der Waals surface area contributed by atoms with Gasteiger partial charge in [0, 0.05) is 12.6 Å². The van der Waals surface area contributed by atoms with Gasteiger partial charge in [-0.05, 0) is 18.3 Å². The van der Waals surface area contributed by atoms with Gasteiger partial charge < -0.3 is 0 Å². The molecule has 0 aliphatic carbocycles. The van der Waals surface area contributed by atoms with Crippen molar-refractivity contribution < 1.29 is 0 Å². The summed E-state index contributed by atoms with van der Waals surface area (Å²) < 4.78 is 0. The Morgan fingerprint density at radius 2 is 1.58 bits per heavy atom. The van der Waals surface area contributed by atoms with Crippen LogP contribution in [-0.4, -0.2) is 12.6 Å². The number of nitrogens with one attached hydrogen (secondary N) is 2. The summed E-state index contributed by atoms with van der Waals surface area (Å²) >= 11 is 0. The fourth-order valence-electron chi connectivity index (χ4n) is 0.644. The van der Waals surface area contributed by atoms with E-state index in [-0.39, 0.29) is 0 Å². The molecular formula is C10H24N2. The zero-order chi connectivity index (χ0) is 9.78. The molecule has 2 heteroatoms. The molecule has 0 saturated heterocycles. The molecular weight excluding hydrogens is 148 g/mol. The number of hydrazine groups is 1. The molecule has 1 atom stereocenters. The van der Waals surface area contributed by atoms with Crippen LogP contribution in [-0.2, 0) is 0 Å². The van der Waals surface area contributed by atoms with Crippen LogP contribution in [0.4, 0.5) is 0 Å². The second-order valence-corrected chi connectivity index (χ2v) is 5.09. The van der Waals surface area contributed by atoms with Gasteiger partial charge in [-0.25, -0.2) is 0 Å². The standard InChI is InChI=1S/C10H24N2/c1-8(2)9(3)12-11-7-10(4,5)6/h8-9,11-12H,7H2,1-6H3. The highest BCUT2D eigenvalue weighted by Gasteiger charge is 2.10. The van der Waals surface area contributed by atoms with Crippen LogP contribution in [0.1, 0.15) is 41.5 Å². The Hall–Kier alpha value is -0.0800. The van der Waals surface area contributed by atoms with Crippen LogP contribution < -0.4 is 10.9 Å². The van der Waals surface area contributed by atoms with Crippen molar-refractivity contribution in [2.24, 2.45) is 11.3 Å². The molecule has 0 aromatic carbocycles. The van der Waals surface area contributed by atoms with E-state index in [9.17, 15) is 0 Å². The molecule has 2 nitrogen and oxygen atoms in total. The Labute approximate surface area is 77.1 Å². The SMILES string of the molecule is CC(C)C(C)NNCC(C)(C)C. The lowest BCUT2D eigenvalue weighted by molar-refractivity contribution is 0.304. The van der Waals surface area contributed by atoms with Gasteiger partial charge in [0.15, 0.2) is 0 Å². The number of hydrogen-bond donors (Lipinski definition) is 2. The second kappa shape index (κ2) is 4.83. The van der Waals surface area contributed by atoms with Crippen molar-refractivity contribution in [3.05, 3.63) is 0 Å².